The third-order valence-corrected chi connectivity index (χ3v) is 4.19. The van der Waals surface area contributed by atoms with Gasteiger partial charge in [0.25, 0.3) is 0 Å². The third kappa shape index (κ3) is 7.90. The predicted octanol–water partition coefficient (Wildman–Crippen LogP) is 6.58. The standard InChI is InChI=1S/C18H22BrNO3.C2H6/c1-3-4-5-12-20-23-22-16-9-6-8-15(13-16)21-18-11-7-10-17(19)14(18)2;1-2/h6-11,13,20H,3-5,12H2,1-2H3;1-2H3. The average Bonchev–Trinajstić information content (AvgIpc) is 2.64. The first kappa shape index (κ1) is 21.5. The van der Waals surface area contributed by atoms with Crippen molar-refractivity contribution in [1.82, 2.24) is 5.48 Å². The summed E-state index contributed by atoms with van der Waals surface area (Å²) in [6.07, 6.45) is 3.41. The summed E-state index contributed by atoms with van der Waals surface area (Å²) in [7, 11) is 0. The molecule has 0 unspecified atom stereocenters. The lowest BCUT2D eigenvalue weighted by atomic mass is 10.2. The Kier molecular flexibility index (Phi) is 11.0. The van der Waals surface area contributed by atoms with Gasteiger partial charge in [0.15, 0.2) is 5.75 Å². The lowest BCUT2D eigenvalue weighted by molar-refractivity contribution is -0.257. The molecule has 0 fully saturated rings. The summed E-state index contributed by atoms with van der Waals surface area (Å²) in [6.45, 7) is 8.93. The van der Waals surface area contributed by atoms with E-state index in [9.17, 15) is 0 Å². The third-order valence-electron chi connectivity index (χ3n) is 3.33. The van der Waals surface area contributed by atoms with Crippen LogP contribution in [0.5, 0.6) is 17.2 Å². The fourth-order valence-corrected chi connectivity index (χ4v) is 2.33. The summed E-state index contributed by atoms with van der Waals surface area (Å²) in [6, 6.07) is 13.2. The lowest BCUT2D eigenvalue weighted by Gasteiger charge is -2.11. The van der Waals surface area contributed by atoms with Crippen molar-refractivity contribution in [2.24, 2.45) is 0 Å². The Morgan fingerprint density at radius 1 is 1.00 bits per heavy atom. The Balaban J connectivity index is 0.00000151. The normalized spacial score (nSPS) is 9.96. The molecular weight excluding hydrogens is 382 g/mol. The number of ether oxygens (including phenoxy) is 1. The lowest BCUT2D eigenvalue weighted by Crippen LogP contribution is -2.18. The van der Waals surface area contributed by atoms with Crippen LogP contribution in [0.25, 0.3) is 0 Å². The minimum absolute atomic E-state index is 0.582. The second-order valence-electron chi connectivity index (χ2n) is 5.21. The van der Waals surface area contributed by atoms with Gasteiger partial charge in [-0.05, 0) is 37.6 Å². The van der Waals surface area contributed by atoms with E-state index in [1.807, 2.05) is 57.2 Å². The number of rotatable bonds is 9. The maximum atomic E-state index is 5.90. The van der Waals surface area contributed by atoms with Crippen molar-refractivity contribution in [1.29, 1.82) is 0 Å². The number of hydrogen-bond donors (Lipinski definition) is 1. The minimum Gasteiger partial charge on any atom is -0.457 e. The summed E-state index contributed by atoms with van der Waals surface area (Å²) in [4.78, 5) is 10.2. The quantitative estimate of drug-likeness (QED) is 0.288. The highest BCUT2D eigenvalue weighted by Gasteiger charge is 2.05. The molecule has 0 aliphatic carbocycles. The first-order valence-corrected chi connectivity index (χ1v) is 9.59. The fraction of sp³-hybridized carbons (Fsp3) is 0.400. The molecule has 1 N–H and O–H groups in total. The smallest absolute Gasteiger partial charge is 0.171 e. The van der Waals surface area contributed by atoms with Crippen LogP contribution in [0, 0.1) is 6.92 Å². The number of hydrogen-bond acceptors (Lipinski definition) is 4. The molecule has 0 bridgehead atoms. The van der Waals surface area contributed by atoms with Crippen molar-refractivity contribution in [2.45, 2.75) is 47.0 Å². The molecule has 4 nitrogen and oxygen atoms in total. The van der Waals surface area contributed by atoms with Crippen LogP contribution in [0.15, 0.2) is 46.9 Å². The second-order valence-corrected chi connectivity index (χ2v) is 6.06. The number of halogens is 1. The van der Waals surface area contributed by atoms with Gasteiger partial charge in [-0.25, -0.2) is 0 Å². The molecule has 0 heterocycles. The summed E-state index contributed by atoms with van der Waals surface area (Å²) in [5, 5.41) is 0. The van der Waals surface area contributed by atoms with Gasteiger partial charge >= 0.3 is 0 Å². The Hall–Kier alpha value is -1.56. The first-order valence-electron chi connectivity index (χ1n) is 8.80. The Bertz CT molecular complexity index is 620. The van der Waals surface area contributed by atoms with Gasteiger partial charge in [0.2, 0.25) is 0 Å². The summed E-state index contributed by atoms with van der Waals surface area (Å²) < 4.78 is 6.92. The minimum atomic E-state index is 0.582. The second kappa shape index (κ2) is 12.8. The topological polar surface area (TPSA) is 39.7 Å². The number of nitrogens with one attached hydrogen (secondary N) is 1. The molecule has 25 heavy (non-hydrogen) atoms. The molecule has 0 radical (unpaired) electrons. The SMILES string of the molecule is CC.CCCCCNOOc1cccc(Oc2cccc(Br)c2C)c1. The van der Waals surface area contributed by atoms with Crippen molar-refractivity contribution in [3.05, 3.63) is 52.5 Å². The largest absolute Gasteiger partial charge is 0.457 e. The summed E-state index contributed by atoms with van der Waals surface area (Å²) in [5.74, 6) is 2.08. The Morgan fingerprint density at radius 3 is 2.48 bits per heavy atom. The monoisotopic (exact) mass is 409 g/mol. The number of hydroxylamine groups is 1. The fourth-order valence-electron chi connectivity index (χ4n) is 1.98. The maximum Gasteiger partial charge on any atom is 0.171 e. The van der Waals surface area contributed by atoms with E-state index >= 15 is 0 Å². The van der Waals surface area contributed by atoms with Gasteiger partial charge in [-0.15, -0.1) is 0 Å². The van der Waals surface area contributed by atoms with E-state index in [-0.39, 0.29) is 0 Å². The average molecular weight is 410 g/mol. The van der Waals surface area contributed by atoms with Gasteiger partial charge < -0.3 is 9.62 Å². The van der Waals surface area contributed by atoms with Crippen LogP contribution in [0.4, 0.5) is 0 Å². The zero-order chi connectivity index (χ0) is 18.5. The van der Waals surface area contributed by atoms with Gasteiger partial charge in [0.1, 0.15) is 11.5 Å². The predicted molar refractivity (Wildman–Crippen MR) is 106 cm³/mol. The van der Waals surface area contributed by atoms with Crippen LogP contribution in [0.2, 0.25) is 0 Å². The molecule has 0 atom stereocenters. The van der Waals surface area contributed by atoms with Crippen LogP contribution in [-0.4, -0.2) is 6.54 Å². The van der Waals surface area contributed by atoms with Crippen LogP contribution in [-0.2, 0) is 4.99 Å². The molecule has 0 saturated carbocycles. The molecule has 0 spiro atoms. The highest BCUT2D eigenvalue weighted by molar-refractivity contribution is 9.10. The van der Waals surface area contributed by atoms with E-state index in [2.05, 4.69) is 28.3 Å². The molecule has 138 valence electrons. The molecule has 5 heteroatoms. The number of unbranched alkanes of at least 4 members (excludes halogenated alkanes) is 2. The summed E-state index contributed by atoms with van der Waals surface area (Å²) >= 11 is 3.50. The molecule has 0 saturated heterocycles. The van der Waals surface area contributed by atoms with Crippen LogP contribution in [0.3, 0.4) is 0 Å². The Labute approximate surface area is 159 Å². The molecular formula is C20H28BrNO3. The molecule has 0 aromatic heterocycles. The van der Waals surface area contributed by atoms with E-state index in [1.54, 1.807) is 6.07 Å². The van der Waals surface area contributed by atoms with Crippen molar-refractivity contribution in [3.63, 3.8) is 0 Å². The van der Waals surface area contributed by atoms with E-state index in [0.717, 1.165) is 28.8 Å². The number of benzene rings is 2. The van der Waals surface area contributed by atoms with E-state index in [1.165, 1.54) is 12.8 Å². The first-order chi connectivity index (χ1) is 12.2. The van der Waals surface area contributed by atoms with Gasteiger partial charge in [0.05, 0.1) is 0 Å². The highest BCUT2D eigenvalue weighted by atomic mass is 79.9. The van der Waals surface area contributed by atoms with Gasteiger partial charge in [-0.3, -0.25) is 0 Å². The summed E-state index contributed by atoms with van der Waals surface area (Å²) in [5.41, 5.74) is 3.83. The van der Waals surface area contributed by atoms with Crippen molar-refractivity contribution >= 4 is 15.9 Å². The van der Waals surface area contributed by atoms with Crippen molar-refractivity contribution in [2.75, 3.05) is 6.54 Å². The maximum absolute atomic E-state index is 5.90. The van der Waals surface area contributed by atoms with Crippen molar-refractivity contribution in [3.8, 4) is 17.2 Å². The van der Waals surface area contributed by atoms with Crippen LogP contribution >= 0.6 is 15.9 Å². The van der Waals surface area contributed by atoms with E-state index in [0.29, 0.717) is 11.5 Å². The highest BCUT2D eigenvalue weighted by Crippen LogP contribution is 2.31. The van der Waals surface area contributed by atoms with Crippen LogP contribution < -0.4 is 15.1 Å². The van der Waals surface area contributed by atoms with Gasteiger partial charge in [0, 0.05) is 22.6 Å². The zero-order valence-corrected chi connectivity index (χ0v) is 17.1. The molecule has 2 aromatic carbocycles. The van der Waals surface area contributed by atoms with E-state index < -0.39 is 0 Å². The van der Waals surface area contributed by atoms with Crippen LogP contribution in [0.1, 0.15) is 45.6 Å². The van der Waals surface area contributed by atoms with Crippen molar-refractivity contribution < 1.29 is 14.6 Å². The molecule has 2 rings (SSSR count). The van der Waals surface area contributed by atoms with Gasteiger partial charge in [-0.1, -0.05) is 66.7 Å². The molecule has 0 aliphatic heterocycles. The van der Waals surface area contributed by atoms with Gasteiger partial charge in [-0.2, -0.15) is 5.48 Å². The van der Waals surface area contributed by atoms with E-state index in [4.69, 9.17) is 14.6 Å². The molecule has 2 aromatic rings. The molecule has 0 amide bonds. The Morgan fingerprint density at radius 2 is 1.72 bits per heavy atom. The zero-order valence-electron chi connectivity index (χ0n) is 15.5. The molecule has 0 aliphatic rings.